The molecule has 0 aromatic carbocycles. The number of aromatic nitrogens is 2. The van der Waals surface area contributed by atoms with E-state index in [9.17, 15) is 0 Å². The van der Waals surface area contributed by atoms with Gasteiger partial charge in [-0.15, -0.1) is 11.6 Å². The Balaban J connectivity index is 2.02. The van der Waals surface area contributed by atoms with Crippen LogP contribution in [0.4, 0.5) is 5.82 Å². The third-order valence-electron chi connectivity index (χ3n) is 2.95. The lowest BCUT2D eigenvalue weighted by molar-refractivity contribution is 0.270. The highest BCUT2D eigenvalue weighted by Gasteiger charge is 2.16. The maximum absolute atomic E-state index is 5.75. The van der Waals surface area contributed by atoms with Crippen LogP contribution in [-0.2, 0) is 5.88 Å². The summed E-state index contributed by atoms with van der Waals surface area (Å²) >= 11 is 5.75. The molecule has 1 aliphatic rings. The first-order valence-corrected chi connectivity index (χ1v) is 6.21. The Morgan fingerprint density at radius 2 is 2.00 bits per heavy atom. The molecule has 0 radical (unpaired) electrons. The molecule has 1 aromatic rings. The number of hydrogen-bond donors (Lipinski definition) is 0. The molecule has 0 N–H and O–H groups in total. The maximum Gasteiger partial charge on any atom is 0.147 e. The van der Waals surface area contributed by atoms with Crippen molar-refractivity contribution >= 4 is 17.4 Å². The van der Waals surface area contributed by atoms with Crippen molar-refractivity contribution in [1.82, 2.24) is 14.9 Å². The van der Waals surface area contributed by atoms with Gasteiger partial charge < -0.3 is 9.80 Å². The van der Waals surface area contributed by atoms with E-state index in [1.807, 2.05) is 6.20 Å². The van der Waals surface area contributed by atoms with Crippen molar-refractivity contribution in [3.8, 4) is 0 Å². The predicted molar refractivity (Wildman–Crippen MR) is 65.9 cm³/mol. The van der Waals surface area contributed by atoms with E-state index in [1.54, 1.807) is 6.20 Å². The van der Waals surface area contributed by atoms with Crippen molar-refractivity contribution in [1.29, 1.82) is 0 Å². The Labute approximate surface area is 101 Å². The van der Waals surface area contributed by atoms with Crippen LogP contribution in [0, 0.1) is 0 Å². The van der Waals surface area contributed by atoms with Gasteiger partial charge in [-0.05, 0) is 6.54 Å². The van der Waals surface area contributed by atoms with E-state index in [0.717, 1.165) is 44.2 Å². The van der Waals surface area contributed by atoms with Crippen LogP contribution in [0.15, 0.2) is 12.4 Å². The summed E-state index contributed by atoms with van der Waals surface area (Å²) in [6.07, 6.45) is 3.54. The number of piperazine rings is 1. The molecule has 0 unspecified atom stereocenters. The molecule has 2 heterocycles. The average molecular weight is 241 g/mol. The van der Waals surface area contributed by atoms with Crippen molar-refractivity contribution in [3.63, 3.8) is 0 Å². The minimum absolute atomic E-state index is 0.426. The van der Waals surface area contributed by atoms with Crippen LogP contribution >= 0.6 is 11.6 Å². The molecule has 1 aromatic heterocycles. The van der Waals surface area contributed by atoms with Gasteiger partial charge in [-0.2, -0.15) is 0 Å². The van der Waals surface area contributed by atoms with Gasteiger partial charge in [0, 0.05) is 32.4 Å². The molecule has 0 aliphatic carbocycles. The minimum Gasteiger partial charge on any atom is -0.353 e. The van der Waals surface area contributed by atoms with Crippen molar-refractivity contribution < 1.29 is 0 Å². The molecule has 0 amide bonds. The molecule has 5 heteroatoms. The van der Waals surface area contributed by atoms with Crippen LogP contribution in [-0.4, -0.2) is 47.6 Å². The van der Waals surface area contributed by atoms with Gasteiger partial charge in [-0.3, -0.25) is 4.98 Å². The largest absolute Gasteiger partial charge is 0.353 e. The molecule has 1 fully saturated rings. The summed E-state index contributed by atoms with van der Waals surface area (Å²) < 4.78 is 0. The van der Waals surface area contributed by atoms with E-state index in [4.69, 9.17) is 11.6 Å². The number of rotatable bonds is 3. The third-order valence-corrected chi connectivity index (χ3v) is 3.23. The number of nitrogens with zero attached hydrogens (tertiary/aromatic N) is 4. The first-order chi connectivity index (χ1) is 7.83. The fraction of sp³-hybridized carbons (Fsp3) is 0.636. The number of likely N-dealkylation sites (N-methyl/N-ethyl adjacent to an activating group) is 1. The van der Waals surface area contributed by atoms with Crippen LogP contribution < -0.4 is 4.90 Å². The minimum atomic E-state index is 0.426. The molecule has 0 spiro atoms. The Morgan fingerprint density at radius 1 is 1.25 bits per heavy atom. The molecular weight excluding hydrogens is 224 g/mol. The summed E-state index contributed by atoms with van der Waals surface area (Å²) in [5.41, 5.74) is 0.845. The third kappa shape index (κ3) is 2.62. The zero-order chi connectivity index (χ0) is 11.4. The quantitative estimate of drug-likeness (QED) is 0.747. The maximum atomic E-state index is 5.75. The van der Waals surface area contributed by atoms with Crippen LogP contribution in [0.1, 0.15) is 12.6 Å². The molecule has 0 bridgehead atoms. The van der Waals surface area contributed by atoms with Crippen LogP contribution in [0.3, 0.4) is 0 Å². The van der Waals surface area contributed by atoms with E-state index in [1.165, 1.54) is 0 Å². The number of anilines is 1. The fourth-order valence-electron chi connectivity index (χ4n) is 1.90. The average Bonchev–Trinajstić information content (AvgIpc) is 2.39. The van der Waals surface area contributed by atoms with E-state index < -0.39 is 0 Å². The van der Waals surface area contributed by atoms with Crippen molar-refractivity contribution in [2.45, 2.75) is 12.8 Å². The summed E-state index contributed by atoms with van der Waals surface area (Å²) in [6.45, 7) is 7.57. The van der Waals surface area contributed by atoms with E-state index in [-0.39, 0.29) is 0 Å². The van der Waals surface area contributed by atoms with Crippen molar-refractivity contribution in [2.75, 3.05) is 37.6 Å². The highest BCUT2D eigenvalue weighted by molar-refractivity contribution is 6.16. The lowest BCUT2D eigenvalue weighted by atomic mass is 10.3. The van der Waals surface area contributed by atoms with Crippen molar-refractivity contribution in [2.24, 2.45) is 0 Å². The summed E-state index contributed by atoms with van der Waals surface area (Å²) in [6, 6.07) is 0. The van der Waals surface area contributed by atoms with Gasteiger partial charge in [0.1, 0.15) is 5.82 Å². The zero-order valence-electron chi connectivity index (χ0n) is 9.56. The second kappa shape index (κ2) is 5.46. The summed E-state index contributed by atoms with van der Waals surface area (Å²) in [5, 5.41) is 0. The second-order valence-electron chi connectivity index (χ2n) is 3.92. The highest BCUT2D eigenvalue weighted by atomic mass is 35.5. The van der Waals surface area contributed by atoms with Gasteiger partial charge >= 0.3 is 0 Å². The van der Waals surface area contributed by atoms with Crippen LogP contribution in [0.25, 0.3) is 0 Å². The smallest absolute Gasteiger partial charge is 0.147 e. The Morgan fingerprint density at radius 3 is 2.62 bits per heavy atom. The molecular formula is C11H17ClN4. The molecule has 16 heavy (non-hydrogen) atoms. The normalized spacial score (nSPS) is 17.8. The van der Waals surface area contributed by atoms with E-state index in [2.05, 4.69) is 26.7 Å². The van der Waals surface area contributed by atoms with E-state index in [0.29, 0.717) is 5.88 Å². The van der Waals surface area contributed by atoms with Gasteiger partial charge in [0.2, 0.25) is 0 Å². The molecule has 4 nitrogen and oxygen atoms in total. The van der Waals surface area contributed by atoms with Gasteiger partial charge in [0.15, 0.2) is 0 Å². The predicted octanol–water partition coefficient (Wildman–Crippen LogP) is 1.36. The second-order valence-corrected chi connectivity index (χ2v) is 4.19. The molecule has 1 saturated heterocycles. The number of alkyl halides is 1. The van der Waals surface area contributed by atoms with E-state index >= 15 is 0 Å². The van der Waals surface area contributed by atoms with Gasteiger partial charge in [0.05, 0.1) is 17.8 Å². The monoisotopic (exact) mass is 240 g/mol. The van der Waals surface area contributed by atoms with Gasteiger partial charge in [-0.1, -0.05) is 6.92 Å². The molecule has 1 aliphatic heterocycles. The lowest BCUT2D eigenvalue weighted by Crippen LogP contribution is -2.46. The topological polar surface area (TPSA) is 32.3 Å². The summed E-state index contributed by atoms with van der Waals surface area (Å²) in [5.74, 6) is 1.38. The highest BCUT2D eigenvalue weighted by Crippen LogP contribution is 2.13. The lowest BCUT2D eigenvalue weighted by Gasteiger charge is -2.34. The Kier molecular flexibility index (Phi) is 3.96. The summed E-state index contributed by atoms with van der Waals surface area (Å²) in [7, 11) is 0. The van der Waals surface area contributed by atoms with Crippen molar-refractivity contribution in [3.05, 3.63) is 18.1 Å². The number of halogens is 1. The molecule has 0 atom stereocenters. The fourth-order valence-corrected chi connectivity index (χ4v) is 2.03. The molecule has 0 saturated carbocycles. The van der Waals surface area contributed by atoms with Crippen LogP contribution in [0.5, 0.6) is 0 Å². The standard InChI is InChI=1S/C11H17ClN4/c1-2-15-3-5-16(6-4-15)11-9-13-8-10(7-12)14-11/h8-9H,2-7H2,1H3. The SMILES string of the molecule is CCN1CCN(c2cncc(CCl)n2)CC1. The number of hydrogen-bond acceptors (Lipinski definition) is 4. The Bertz CT molecular complexity index is 337. The van der Waals surface area contributed by atoms with Crippen LogP contribution in [0.2, 0.25) is 0 Å². The first kappa shape index (κ1) is 11.6. The summed E-state index contributed by atoms with van der Waals surface area (Å²) in [4.78, 5) is 13.4. The Hall–Kier alpha value is -0.870. The van der Waals surface area contributed by atoms with Gasteiger partial charge in [-0.25, -0.2) is 4.98 Å². The molecule has 2 rings (SSSR count). The zero-order valence-corrected chi connectivity index (χ0v) is 10.3. The first-order valence-electron chi connectivity index (χ1n) is 5.67. The molecule has 88 valence electrons. The van der Waals surface area contributed by atoms with Gasteiger partial charge in [0.25, 0.3) is 0 Å².